The van der Waals surface area contributed by atoms with E-state index in [4.69, 9.17) is 5.11 Å². The third kappa shape index (κ3) is 6.10. The van der Waals surface area contributed by atoms with Crippen molar-refractivity contribution in [3.8, 4) is 0 Å². The molecule has 2 N–H and O–H groups in total. The van der Waals surface area contributed by atoms with Gasteiger partial charge >= 0.3 is 0 Å². The second-order valence-electron chi connectivity index (χ2n) is 4.28. The Morgan fingerprint density at radius 2 is 1.94 bits per heavy atom. The van der Waals surface area contributed by atoms with Crippen molar-refractivity contribution in [2.45, 2.75) is 26.3 Å². The summed E-state index contributed by atoms with van der Waals surface area (Å²) in [6.07, 6.45) is 0.901. The van der Waals surface area contributed by atoms with Crippen LogP contribution in [-0.4, -0.2) is 29.8 Å². The molecular weight excluding hydrogens is 230 g/mol. The van der Waals surface area contributed by atoms with Crippen LogP contribution in [0.4, 0.5) is 0 Å². The number of thioether (sulfide) groups is 1. The fraction of sp³-hybridized carbons (Fsp3) is 0.571. The lowest BCUT2D eigenvalue weighted by molar-refractivity contribution is 0.296. The van der Waals surface area contributed by atoms with Gasteiger partial charge < -0.3 is 10.4 Å². The van der Waals surface area contributed by atoms with E-state index in [-0.39, 0.29) is 0 Å². The van der Waals surface area contributed by atoms with Gasteiger partial charge in [-0.15, -0.1) is 0 Å². The Kier molecular flexibility index (Phi) is 7.33. The van der Waals surface area contributed by atoms with Crippen LogP contribution in [0, 0.1) is 6.92 Å². The van der Waals surface area contributed by atoms with Gasteiger partial charge in [-0.3, -0.25) is 0 Å². The van der Waals surface area contributed by atoms with Crippen LogP contribution in [-0.2, 0) is 0 Å². The van der Waals surface area contributed by atoms with Crippen LogP contribution in [0.3, 0.4) is 0 Å². The molecule has 96 valence electrons. The number of hydrogen-bond acceptors (Lipinski definition) is 3. The minimum Gasteiger partial charge on any atom is -0.396 e. The summed E-state index contributed by atoms with van der Waals surface area (Å²) in [6, 6.07) is 9.10. The zero-order valence-electron chi connectivity index (χ0n) is 10.8. The van der Waals surface area contributed by atoms with E-state index in [1.165, 1.54) is 11.1 Å². The molecule has 1 aromatic rings. The Morgan fingerprint density at radius 1 is 1.24 bits per heavy atom. The predicted octanol–water partition coefficient (Wildman–Crippen LogP) is 2.76. The number of aliphatic hydroxyl groups is 1. The number of hydrogen-bond donors (Lipinski definition) is 2. The van der Waals surface area contributed by atoms with Gasteiger partial charge in [0.1, 0.15) is 0 Å². The largest absolute Gasteiger partial charge is 0.396 e. The van der Waals surface area contributed by atoms with E-state index in [2.05, 4.69) is 43.4 Å². The summed E-state index contributed by atoms with van der Waals surface area (Å²) in [6.45, 7) is 5.63. The first-order chi connectivity index (χ1) is 8.24. The molecule has 3 heteroatoms. The molecule has 1 rings (SSSR count). The lowest BCUT2D eigenvalue weighted by Crippen LogP contribution is -2.21. The van der Waals surface area contributed by atoms with Crippen molar-refractivity contribution in [1.29, 1.82) is 0 Å². The molecule has 0 spiro atoms. The van der Waals surface area contributed by atoms with Crippen molar-refractivity contribution in [1.82, 2.24) is 5.32 Å². The van der Waals surface area contributed by atoms with Gasteiger partial charge in [-0.1, -0.05) is 29.8 Å². The third-order valence-corrected chi connectivity index (χ3v) is 3.79. The smallest absolute Gasteiger partial charge is 0.0438 e. The summed E-state index contributed by atoms with van der Waals surface area (Å²) < 4.78 is 0. The van der Waals surface area contributed by atoms with E-state index < -0.39 is 0 Å². The van der Waals surface area contributed by atoms with Crippen molar-refractivity contribution in [2.75, 3.05) is 24.7 Å². The van der Waals surface area contributed by atoms with Crippen LogP contribution in [0.5, 0.6) is 0 Å². The van der Waals surface area contributed by atoms with Gasteiger partial charge in [0.2, 0.25) is 0 Å². The summed E-state index contributed by atoms with van der Waals surface area (Å²) in [5.74, 6) is 2.16. The number of aliphatic hydroxyl groups excluding tert-OH is 1. The maximum Gasteiger partial charge on any atom is 0.0438 e. The molecule has 0 amide bonds. The molecule has 2 nitrogen and oxygen atoms in total. The molecule has 0 radical (unpaired) electrons. The molecule has 1 aromatic carbocycles. The molecule has 0 aliphatic carbocycles. The lowest BCUT2D eigenvalue weighted by Gasteiger charge is -2.14. The van der Waals surface area contributed by atoms with Crippen molar-refractivity contribution in [3.63, 3.8) is 0 Å². The highest BCUT2D eigenvalue weighted by molar-refractivity contribution is 7.99. The number of benzene rings is 1. The van der Waals surface area contributed by atoms with Crippen LogP contribution >= 0.6 is 11.8 Å². The summed E-state index contributed by atoms with van der Waals surface area (Å²) in [4.78, 5) is 0. The fourth-order valence-corrected chi connectivity index (χ4v) is 2.39. The van der Waals surface area contributed by atoms with Crippen LogP contribution in [0.2, 0.25) is 0 Å². The van der Waals surface area contributed by atoms with E-state index >= 15 is 0 Å². The van der Waals surface area contributed by atoms with Gasteiger partial charge in [-0.05, 0) is 31.6 Å². The third-order valence-electron chi connectivity index (χ3n) is 2.72. The number of rotatable bonds is 8. The standard InChI is InChI=1S/C14H23NOS/c1-12-4-6-14(7-5-12)13(2)15-8-11-17-10-3-9-16/h4-7,13,15-16H,3,8-11H2,1-2H3. The molecule has 0 saturated carbocycles. The zero-order valence-corrected chi connectivity index (χ0v) is 11.6. The highest BCUT2D eigenvalue weighted by Crippen LogP contribution is 2.13. The van der Waals surface area contributed by atoms with Crippen molar-refractivity contribution in [3.05, 3.63) is 35.4 Å². The second-order valence-corrected chi connectivity index (χ2v) is 5.50. The molecule has 0 aliphatic heterocycles. The van der Waals surface area contributed by atoms with Crippen LogP contribution in [0.15, 0.2) is 24.3 Å². The first-order valence-electron chi connectivity index (χ1n) is 6.22. The maximum atomic E-state index is 8.65. The van der Waals surface area contributed by atoms with Gasteiger partial charge in [-0.25, -0.2) is 0 Å². The molecule has 0 aromatic heterocycles. The molecule has 0 bridgehead atoms. The molecule has 17 heavy (non-hydrogen) atoms. The van der Waals surface area contributed by atoms with E-state index in [0.29, 0.717) is 12.6 Å². The summed E-state index contributed by atoms with van der Waals surface area (Å²) >= 11 is 1.89. The molecular formula is C14H23NOS. The quantitative estimate of drug-likeness (QED) is 0.699. The Balaban J connectivity index is 2.16. The van der Waals surface area contributed by atoms with Gasteiger partial charge in [-0.2, -0.15) is 11.8 Å². The second kappa shape index (κ2) is 8.56. The van der Waals surface area contributed by atoms with E-state index in [0.717, 1.165) is 24.5 Å². The number of aryl methyl sites for hydroxylation is 1. The van der Waals surface area contributed by atoms with Crippen molar-refractivity contribution < 1.29 is 5.11 Å². The Hall–Kier alpha value is -0.510. The SMILES string of the molecule is Cc1ccc(C(C)NCCSCCCO)cc1. The number of nitrogens with one attached hydrogen (secondary N) is 1. The molecule has 1 atom stereocenters. The minimum absolute atomic E-state index is 0.306. The monoisotopic (exact) mass is 253 g/mol. The summed E-state index contributed by atoms with van der Waals surface area (Å²) in [7, 11) is 0. The fourth-order valence-electron chi connectivity index (χ4n) is 1.59. The van der Waals surface area contributed by atoms with E-state index in [1.54, 1.807) is 0 Å². The van der Waals surface area contributed by atoms with Gasteiger partial charge in [0.25, 0.3) is 0 Å². The Bertz CT molecular complexity index is 300. The van der Waals surface area contributed by atoms with Gasteiger partial charge in [0.15, 0.2) is 0 Å². The zero-order chi connectivity index (χ0) is 12.5. The first-order valence-corrected chi connectivity index (χ1v) is 7.38. The van der Waals surface area contributed by atoms with E-state index in [1.807, 2.05) is 11.8 Å². The summed E-state index contributed by atoms with van der Waals surface area (Å²) in [5, 5.41) is 12.2. The molecule has 0 aliphatic rings. The lowest BCUT2D eigenvalue weighted by atomic mass is 10.1. The topological polar surface area (TPSA) is 32.3 Å². The minimum atomic E-state index is 0.306. The molecule has 1 unspecified atom stereocenters. The Labute approximate surface area is 109 Å². The van der Waals surface area contributed by atoms with E-state index in [9.17, 15) is 0 Å². The maximum absolute atomic E-state index is 8.65. The molecule has 0 saturated heterocycles. The molecule has 0 fully saturated rings. The highest BCUT2D eigenvalue weighted by atomic mass is 32.2. The van der Waals surface area contributed by atoms with Crippen molar-refractivity contribution >= 4 is 11.8 Å². The van der Waals surface area contributed by atoms with Crippen LogP contribution in [0.25, 0.3) is 0 Å². The average Bonchev–Trinajstić information content (AvgIpc) is 2.34. The summed E-state index contributed by atoms with van der Waals surface area (Å²) in [5.41, 5.74) is 2.65. The normalized spacial score (nSPS) is 12.6. The molecule has 0 heterocycles. The van der Waals surface area contributed by atoms with Gasteiger partial charge in [0, 0.05) is 24.9 Å². The Morgan fingerprint density at radius 3 is 2.59 bits per heavy atom. The van der Waals surface area contributed by atoms with Crippen LogP contribution < -0.4 is 5.32 Å². The predicted molar refractivity (Wildman–Crippen MR) is 76.6 cm³/mol. The van der Waals surface area contributed by atoms with Gasteiger partial charge in [0.05, 0.1) is 0 Å². The van der Waals surface area contributed by atoms with Crippen LogP contribution in [0.1, 0.15) is 30.5 Å². The van der Waals surface area contributed by atoms with Crippen molar-refractivity contribution in [2.24, 2.45) is 0 Å². The highest BCUT2D eigenvalue weighted by Gasteiger charge is 2.03. The average molecular weight is 253 g/mol. The first kappa shape index (κ1) is 14.6.